The van der Waals surface area contributed by atoms with Gasteiger partial charge in [0.05, 0.1) is 0 Å². The molecular formula is C31H43N3O4. The number of nitrogens with zero attached hydrogens (tertiary/aromatic N) is 1. The molecule has 0 saturated heterocycles. The van der Waals surface area contributed by atoms with Gasteiger partial charge in [0, 0.05) is 18.7 Å². The van der Waals surface area contributed by atoms with Gasteiger partial charge in [-0.05, 0) is 61.1 Å². The van der Waals surface area contributed by atoms with Crippen molar-refractivity contribution in [3.05, 3.63) is 65.7 Å². The van der Waals surface area contributed by atoms with Gasteiger partial charge in [-0.2, -0.15) is 0 Å². The molecule has 2 N–H and O–H groups in total. The van der Waals surface area contributed by atoms with E-state index in [2.05, 4.69) is 30.5 Å². The van der Waals surface area contributed by atoms with Gasteiger partial charge in [-0.3, -0.25) is 9.59 Å². The number of alkyl carbamates (subject to hydrolysis) is 1. The molecule has 2 aromatic rings. The third-order valence-corrected chi connectivity index (χ3v) is 6.79. The monoisotopic (exact) mass is 521 g/mol. The second-order valence-corrected chi connectivity index (χ2v) is 11.0. The number of amides is 2. The molecule has 0 spiro atoms. The highest BCUT2D eigenvalue weighted by atomic mass is 16.5. The van der Waals surface area contributed by atoms with Crippen LogP contribution in [0.25, 0.3) is 0 Å². The van der Waals surface area contributed by atoms with Gasteiger partial charge in [0.25, 0.3) is 0 Å². The van der Waals surface area contributed by atoms with E-state index in [0.29, 0.717) is 25.3 Å². The maximum Gasteiger partial charge on any atom is 0.408 e. The maximum atomic E-state index is 13.6. The molecule has 1 aliphatic rings. The summed E-state index contributed by atoms with van der Waals surface area (Å²) in [6.45, 7) is 8.96. The van der Waals surface area contributed by atoms with Crippen LogP contribution in [0.4, 0.5) is 10.5 Å². The van der Waals surface area contributed by atoms with E-state index in [1.165, 1.54) is 5.56 Å². The van der Waals surface area contributed by atoms with Crippen LogP contribution in [0.5, 0.6) is 0 Å². The van der Waals surface area contributed by atoms with Crippen molar-refractivity contribution in [2.45, 2.75) is 85.0 Å². The summed E-state index contributed by atoms with van der Waals surface area (Å²) in [6, 6.07) is 16.7. The zero-order valence-corrected chi connectivity index (χ0v) is 23.2. The Labute approximate surface area is 227 Å². The number of carbonyl (C=O) groups is 3. The van der Waals surface area contributed by atoms with Crippen LogP contribution < -0.4 is 15.5 Å². The molecule has 0 bridgehead atoms. The fourth-order valence-corrected chi connectivity index (χ4v) is 4.73. The van der Waals surface area contributed by atoms with Crippen molar-refractivity contribution in [1.82, 2.24) is 10.6 Å². The summed E-state index contributed by atoms with van der Waals surface area (Å²) >= 11 is 0. The van der Waals surface area contributed by atoms with E-state index in [1.54, 1.807) is 0 Å². The summed E-state index contributed by atoms with van der Waals surface area (Å²) in [5.41, 5.74) is 3.04. The molecule has 2 atom stereocenters. The van der Waals surface area contributed by atoms with Crippen LogP contribution in [0.15, 0.2) is 54.6 Å². The Balaban J connectivity index is 1.78. The van der Waals surface area contributed by atoms with E-state index in [1.807, 2.05) is 67.3 Å². The first-order valence-electron chi connectivity index (χ1n) is 13.9. The molecule has 0 aromatic heterocycles. The van der Waals surface area contributed by atoms with Crippen LogP contribution in [0.3, 0.4) is 0 Å². The van der Waals surface area contributed by atoms with Gasteiger partial charge >= 0.3 is 6.09 Å². The van der Waals surface area contributed by atoms with E-state index in [9.17, 15) is 14.4 Å². The van der Waals surface area contributed by atoms with Crippen molar-refractivity contribution in [1.29, 1.82) is 0 Å². The number of nitrogens with one attached hydrogen (secondary N) is 2. The van der Waals surface area contributed by atoms with E-state index < -0.39 is 18.3 Å². The molecule has 2 aromatic carbocycles. The highest BCUT2D eigenvalue weighted by Gasteiger charge is 2.33. The Kier molecular flexibility index (Phi) is 11.2. The van der Waals surface area contributed by atoms with Crippen LogP contribution in [0, 0.1) is 11.8 Å². The third-order valence-electron chi connectivity index (χ3n) is 6.79. The van der Waals surface area contributed by atoms with Gasteiger partial charge in [-0.15, -0.1) is 0 Å². The number of benzene rings is 2. The number of ketones is 1. The van der Waals surface area contributed by atoms with E-state index in [0.717, 1.165) is 36.9 Å². The summed E-state index contributed by atoms with van der Waals surface area (Å²) in [6.07, 6.45) is 3.00. The molecule has 1 unspecified atom stereocenters. The number of hydrogen-bond donors (Lipinski definition) is 2. The number of hydrogen-bond acceptors (Lipinski definition) is 5. The van der Waals surface area contributed by atoms with Crippen LogP contribution in [0.2, 0.25) is 0 Å². The summed E-state index contributed by atoms with van der Waals surface area (Å²) < 4.78 is 5.38. The normalized spacial score (nSPS) is 14.8. The lowest BCUT2D eigenvalue weighted by Gasteiger charge is -2.34. The quantitative estimate of drug-likeness (QED) is 0.379. The fourth-order valence-electron chi connectivity index (χ4n) is 4.73. The Morgan fingerprint density at radius 3 is 2.32 bits per heavy atom. The number of aryl methyl sites for hydroxylation is 1. The number of carbonyl (C=O) groups excluding carboxylic acids is 3. The average molecular weight is 522 g/mol. The summed E-state index contributed by atoms with van der Waals surface area (Å²) in [4.78, 5) is 41.9. The minimum atomic E-state index is -0.819. The predicted molar refractivity (Wildman–Crippen MR) is 151 cm³/mol. The summed E-state index contributed by atoms with van der Waals surface area (Å²) in [5.74, 6) is 0.134. The molecule has 7 nitrogen and oxygen atoms in total. The second kappa shape index (κ2) is 14.6. The molecule has 0 saturated carbocycles. The SMILES string of the molecule is CC(C)CCC(=O)C(NC(=O)[C@H](CC(C)C)NC(=O)OCc1ccccc1)N1CCCCc2ccccc21. The van der Waals surface area contributed by atoms with Crippen molar-refractivity contribution < 1.29 is 19.1 Å². The van der Waals surface area contributed by atoms with Gasteiger partial charge in [0.2, 0.25) is 5.91 Å². The second-order valence-electron chi connectivity index (χ2n) is 11.0. The zero-order chi connectivity index (χ0) is 27.5. The van der Waals surface area contributed by atoms with Crippen molar-refractivity contribution in [3.63, 3.8) is 0 Å². The van der Waals surface area contributed by atoms with Gasteiger partial charge in [0.1, 0.15) is 12.6 Å². The molecule has 3 rings (SSSR count). The number of rotatable bonds is 12. The zero-order valence-electron chi connectivity index (χ0n) is 23.2. The van der Waals surface area contributed by atoms with Crippen molar-refractivity contribution in [2.24, 2.45) is 11.8 Å². The molecule has 0 aliphatic carbocycles. The first-order chi connectivity index (χ1) is 18.2. The molecule has 38 heavy (non-hydrogen) atoms. The molecule has 206 valence electrons. The molecule has 1 heterocycles. The summed E-state index contributed by atoms with van der Waals surface area (Å²) in [7, 11) is 0. The lowest BCUT2D eigenvalue weighted by Crippen LogP contribution is -2.58. The Morgan fingerprint density at radius 1 is 0.895 bits per heavy atom. The number of fused-ring (bicyclic) bond motifs is 1. The first kappa shape index (κ1) is 29.2. The van der Waals surface area contributed by atoms with Crippen LogP contribution in [0.1, 0.15) is 70.9 Å². The Bertz CT molecular complexity index is 1050. The maximum absolute atomic E-state index is 13.6. The summed E-state index contributed by atoms with van der Waals surface area (Å²) in [5, 5.41) is 5.78. The van der Waals surface area contributed by atoms with Gasteiger partial charge in [-0.25, -0.2) is 4.79 Å². The van der Waals surface area contributed by atoms with Gasteiger partial charge in [-0.1, -0.05) is 76.2 Å². The number of anilines is 1. The highest BCUT2D eigenvalue weighted by Crippen LogP contribution is 2.28. The van der Waals surface area contributed by atoms with Crippen molar-refractivity contribution in [2.75, 3.05) is 11.4 Å². The Morgan fingerprint density at radius 2 is 1.61 bits per heavy atom. The number of para-hydroxylation sites is 1. The van der Waals surface area contributed by atoms with E-state index >= 15 is 0 Å². The van der Waals surface area contributed by atoms with E-state index in [4.69, 9.17) is 4.74 Å². The fraction of sp³-hybridized carbons (Fsp3) is 0.516. The topological polar surface area (TPSA) is 87.7 Å². The van der Waals surface area contributed by atoms with Crippen LogP contribution in [-0.4, -0.2) is 36.5 Å². The number of Topliss-reactive ketones (excluding diaryl/α,β-unsaturated/α-hetero) is 1. The van der Waals surface area contributed by atoms with E-state index in [-0.39, 0.29) is 24.2 Å². The van der Waals surface area contributed by atoms with Gasteiger partial charge in [0.15, 0.2) is 11.9 Å². The van der Waals surface area contributed by atoms with Crippen LogP contribution in [-0.2, 0) is 27.4 Å². The molecule has 0 fully saturated rings. The third kappa shape index (κ3) is 8.89. The largest absolute Gasteiger partial charge is 0.445 e. The van der Waals surface area contributed by atoms with Gasteiger partial charge < -0.3 is 20.3 Å². The van der Waals surface area contributed by atoms with Crippen molar-refractivity contribution in [3.8, 4) is 0 Å². The number of ether oxygens (including phenoxy) is 1. The van der Waals surface area contributed by atoms with Crippen LogP contribution >= 0.6 is 0 Å². The highest BCUT2D eigenvalue weighted by molar-refractivity contribution is 5.94. The standard InChI is InChI=1S/C31H43N3O4/c1-22(2)17-18-28(35)29(34-19-11-10-15-25-14-8-9-16-27(25)34)33-30(36)26(20-23(3)4)32-31(37)38-21-24-12-6-5-7-13-24/h5-9,12-14,16,22-23,26,29H,10-11,15,17-21H2,1-4H3,(H,32,37)(H,33,36)/t26-,29?/m0/s1. The lowest BCUT2D eigenvalue weighted by molar-refractivity contribution is -0.129. The van der Waals surface area contributed by atoms with Crippen molar-refractivity contribution >= 4 is 23.5 Å². The predicted octanol–water partition coefficient (Wildman–Crippen LogP) is 5.62. The smallest absolute Gasteiger partial charge is 0.408 e. The molecule has 7 heteroatoms. The lowest BCUT2D eigenvalue weighted by atomic mass is 10.0. The molecule has 0 radical (unpaired) electrons. The molecule has 1 aliphatic heterocycles. The average Bonchev–Trinajstić information content (AvgIpc) is 3.11. The molecular weight excluding hydrogens is 478 g/mol. The first-order valence-corrected chi connectivity index (χ1v) is 13.9. The molecule has 2 amide bonds. The Hall–Kier alpha value is -3.35. The minimum absolute atomic E-state index is 0.0151. The minimum Gasteiger partial charge on any atom is -0.445 e.